The molecule has 0 aliphatic heterocycles. The van der Waals surface area contributed by atoms with E-state index < -0.39 is 0 Å². The van der Waals surface area contributed by atoms with Gasteiger partial charge in [-0.05, 0) is 40.6 Å². The van der Waals surface area contributed by atoms with Crippen LogP contribution in [0.5, 0.6) is 5.75 Å². The van der Waals surface area contributed by atoms with Crippen LogP contribution in [-0.2, 0) is 0 Å². The number of hydrazone groups is 1. The molecule has 2 N–H and O–H groups in total. The predicted molar refractivity (Wildman–Crippen MR) is 124 cm³/mol. The largest absolute Gasteiger partial charge is 0.496 e. The number of nitrogens with one attached hydrogen (secondary N) is 2. The average molecular weight is 413 g/mol. The van der Waals surface area contributed by atoms with Crippen LogP contribution in [0.25, 0.3) is 22.0 Å². The third-order valence-corrected chi connectivity index (χ3v) is 4.98. The molecule has 0 aliphatic carbocycles. The van der Waals surface area contributed by atoms with Gasteiger partial charge in [-0.2, -0.15) is 10.2 Å². The molecule has 0 fully saturated rings. The van der Waals surface area contributed by atoms with E-state index in [1.54, 1.807) is 19.4 Å². The van der Waals surface area contributed by atoms with Gasteiger partial charge in [0.1, 0.15) is 11.4 Å². The van der Waals surface area contributed by atoms with Crippen molar-refractivity contribution in [3.63, 3.8) is 0 Å². The number of nitrogens with zero attached hydrogens (tertiary/aromatic N) is 3. The number of anilines is 1. The first kappa shape index (κ1) is 20.2. The Bertz CT molecular complexity index is 1240. The van der Waals surface area contributed by atoms with Crippen molar-refractivity contribution in [2.45, 2.75) is 0 Å². The number of hydrogen-bond acceptors (Lipinski definition) is 5. The lowest BCUT2D eigenvalue weighted by Crippen LogP contribution is -2.18. The highest BCUT2D eigenvalue weighted by Gasteiger charge is 2.16. The van der Waals surface area contributed by atoms with Crippen molar-refractivity contribution in [1.29, 1.82) is 0 Å². The first-order valence-corrected chi connectivity index (χ1v) is 9.79. The normalized spacial score (nSPS) is 11.1. The highest BCUT2D eigenvalue weighted by Crippen LogP contribution is 2.36. The second-order valence-electron chi connectivity index (χ2n) is 7.22. The van der Waals surface area contributed by atoms with Crippen LogP contribution in [0.3, 0.4) is 0 Å². The molecular formula is C24H23N5O2. The second-order valence-corrected chi connectivity index (χ2v) is 7.22. The number of fused-ring (bicyclic) bond motifs is 1. The Morgan fingerprint density at radius 1 is 1.10 bits per heavy atom. The SMILES string of the molecule is COc1ccc2ccccc2c1-c1cc(C(=O)N/N=C\c2ccc(N(C)C)cc2)[nH]n1. The van der Waals surface area contributed by atoms with Crippen molar-refractivity contribution in [2.24, 2.45) is 5.10 Å². The molecule has 1 heterocycles. The fraction of sp³-hybridized carbons (Fsp3) is 0.125. The first-order valence-electron chi connectivity index (χ1n) is 9.79. The number of methoxy groups -OCH3 is 1. The maximum atomic E-state index is 12.5. The van der Waals surface area contributed by atoms with Gasteiger partial charge in [-0.15, -0.1) is 0 Å². The molecule has 0 saturated carbocycles. The van der Waals surface area contributed by atoms with Crippen molar-refractivity contribution in [2.75, 3.05) is 26.1 Å². The number of aromatic amines is 1. The molecule has 1 amide bonds. The molecule has 0 spiro atoms. The van der Waals surface area contributed by atoms with Gasteiger partial charge >= 0.3 is 0 Å². The lowest BCUT2D eigenvalue weighted by molar-refractivity contribution is 0.0950. The number of rotatable bonds is 6. The van der Waals surface area contributed by atoms with Gasteiger partial charge in [0, 0.05) is 19.8 Å². The van der Waals surface area contributed by atoms with Crippen LogP contribution in [0, 0.1) is 0 Å². The molecule has 0 aliphatic rings. The van der Waals surface area contributed by atoms with E-state index in [1.807, 2.05) is 79.7 Å². The van der Waals surface area contributed by atoms with E-state index in [0.717, 1.165) is 27.6 Å². The average Bonchev–Trinajstić information content (AvgIpc) is 3.28. The zero-order valence-corrected chi connectivity index (χ0v) is 17.6. The van der Waals surface area contributed by atoms with Gasteiger partial charge in [-0.25, -0.2) is 5.43 Å². The van der Waals surface area contributed by atoms with Gasteiger partial charge in [-0.3, -0.25) is 9.89 Å². The van der Waals surface area contributed by atoms with Crippen molar-refractivity contribution < 1.29 is 9.53 Å². The molecule has 0 unspecified atom stereocenters. The van der Waals surface area contributed by atoms with E-state index in [2.05, 4.69) is 20.7 Å². The molecule has 0 radical (unpaired) electrons. The van der Waals surface area contributed by atoms with Crippen molar-refractivity contribution in [3.8, 4) is 17.0 Å². The minimum atomic E-state index is -0.376. The smallest absolute Gasteiger partial charge is 0.289 e. The van der Waals surface area contributed by atoms with Crippen LogP contribution in [0.1, 0.15) is 16.1 Å². The van der Waals surface area contributed by atoms with Gasteiger partial charge in [0.25, 0.3) is 5.91 Å². The van der Waals surface area contributed by atoms with Gasteiger partial charge < -0.3 is 9.64 Å². The fourth-order valence-corrected chi connectivity index (χ4v) is 3.34. The Morgan fingerprint density at radius 3 is 2.61 bits per heavy atom. The summed E-state index contributed by atoms with van der Waals surface area (Å²) < 4.78 is 5.53. The minimum absolute atomic E-state index is 0.310. The minimum Gasteiger partial charge on any atom is -0.496 e. The lowest BCUT2D eigenvalue weighted by Gasteiger charge is -2.11. The molecule has 1 aromatic heterocycles. The van der Waals surface area contributed by atoms with Gasteiger partial charge in [0.2, 0.25) is 0 Å². The third kappa shape index (κ3) is 4.25. The van der Waals surface area contributed by atoms with Crippen molar-refractivity contribution in [1.82, 2.24) is 15.6 Å². The molecule has 156 valence electrons. The van der Waals surface area contributed by atoms with E-state index in [1.165, 1.54) is 0 Å². The maximum absolute atomic E-state index is 12.5. The number of carbonyl (C=O) groups excluding carboxylic acids is 1. The summed E-state index contributed by atoms with van der Waals surface area (Å²) in [6.07, 6.45) is 1.60. The zero-order chi connectivity index (χ0) is 21.8. The molecule has 4 rings (SSSR count). The van der Waals surface area contributed by atoms with Crippen LogP contribution < -0.4 is 15.1 Å². The summed E-state index contributed by atoms with van der Waals surface area (Å²) in [5, 5.41) is 13.2. The van der Waals surface area contributed by atoms with Gasteiger partial charge in [0.15, 0.2) is 0 Å². The third-order valence-electron chi connectivity index (χ3n) is 4.98. The Kier molecular flexibility index (Phi) is 5.66. The molecular weight excluding hydrogens is 390 g/mol. The summed E-state index contributed by atoms with van der Waals surface area (Å²) in [6, 6.07) is 21.4. The summed E-state index contributed by atoms with van der Waals surface area (Å²) >= 11 is 0. The Labute approximate surface area is 180 Å². The quantitative estimate of drug-likeness (QED) is 0.369. The Morgan fingerprint density at radius 2 is 1.87 bits per heavy atom. The number of H-pyrrole nitrogens is 1. The summed E-state index contributed by atoms with van der Waals surface area (Å²) in [7, 11) is 5.58. The van der Waals surface area contributed by atoms with Crippen LogP contribution >= 0.6 is 0 Å². The highest BCUT2D eigenvalue weighted by atomic mass is 16.5. The zero-order valence-electron chi connectivity index (χ0n) is 17.6. The van der Waals surface area contributed by atoms with Crippen molar-refractivity contribution in [3.05, 3.63) is 78.0 Å². The predicted octanol–water partition coefficient (Wildman–Crippen LogP) is 4.07. The first-order chi connectivity index (χ1) is 15.1. The van der Waals surface area contributed by atoms with Crippen LogP contribution in [-0.4, -0.2) is 43.5 Å². The van der Waals surface area contributed by atoms with E-state index >= 15 is 0 Å². The van der Waals surface area contributed by atoms with Crippen LogP contribution in [0.4, 0.5) is 5.69 Å². The summed E-state index contributed by atoms with van der Waals surface area (Å²) in [6.45, 7) is 0. The number of hydrogen-bond donors (Lipinski definition) is 2. The van der Waals surface area contributed by atoms with Gasteiger partial charge in [-0.1, -0.05) is 42.5 Å². The Balaban J connectivity index is 1.53. The fourth-order valence-electron chi connectivity index (χ4n) is 3.34. The van der Waals surface area contributed by atoms with E-state index in [9.17, 15) is 4.79 Å². The van der Waals surface area contributed by atoms with E-state index in [-0.39, 0.29) is 5.91 Å². The number of aromatic nitrogens is 2. The number of amides is 1. The summed E-state index contributed by atoms with van der Waals surface area (Å²) in [5.41, 5.74) is 6.28. The molecule has 7 heteroatoms. The molecule has 7 nitrogen and oxygen atoms in total. The lowest BCUT2D eigenvalue weighted by atomic mass is 10.0. The van der Waals surface area contributed by atoms with Crippen LogP contribution in [0.2, 0.25) is 0 Å². The number of benzene rings is 3. The standard InChI is InChI=1S/C24H23N5O2/c1-29(2)18-11-8-16(9-12-18)15-25-28-24(30)21-14-20(26-27-21)23-19-7-5-4-6-17(19)10-13-22(23)31-3/h4-15H,1-3H3,(H,26,27)(H,28,30)/b25-15-. The second kappa shape index (κ2) is 8.71. The van der Waals surface area contributed by atoms with Crippen LogP contribution in [0.15, 0.2) is 71.8 Å². The monoisotopic (exact) mass is 413 g/mol. The molecule has 0 bridgehead atoms. The molecule has 3 aromatic carbocycles. The Hall–Kier alpha value is -4.13. The molecule has 4 aromatic rings. The van der Waals surface area contributed by atoms with E-state index in [4.69, 9.17) is 4.74 Å². The highest BCUT2D eigenvalue weighted by molar-refractivity contribution is 6.00. The maximum Gasteiger partial charge on any atom is 0.289 e. The van der Waals surface area contributed by atoms with Crippen molar-refractivity contribution >= 4 is 28.6 Å². The number of ether oxygens (including phenoxy) is 1. The van der Waals surface area contributed by atoms with Gasteiger partial charge in [0.05, 0.1) is 24.6 Å². The topological polar surface area (TPSA) is 82.6 Å². The number of carbonyl (C=O) groups is 1. The van der Waals surface area contributed by atoms with E-state index in [0.29, 0.717) is 17.1 Å². The summed E-state index contributed by atoms with van der Waals surface area (Å²) in [5.74, 6) is 0.315. The molecule has 0 atom stereocenters. The molecule has 0 saturated heterocycles. The molecule has 31 heavy (non-hydrogen) atoms. The summed E-state index contributed by atoms with van der Waals surface area (Å²) in [4.78, 5) is 14.5.